The Bertz CT molecular complexity index is 485. The van der Waals surface area contributed by atoms with Crippen LogP contribution in [0, 0.1) is 0 Å². The maximum absolute atomic E-state index is 12.2. The lowest BCUT2D eigenvalue weighted by Crippen LogP contribution is -2.09. The highest BCUT2D eigenvalue weighted by Gasteiger charge is 2.34. The molecule has 0 aromatic carbocycles. The number of halogens is 4. The van der Waals surface area contributed by atoms with Crippen LogP contribution in [0.3, 0.4) is 0 Å². The summed E-state index contributed by atoms with van der Waals surface area (Å²) in [6.45, 7) is 0. The van der Waals surface area contributed by atoms with E-state index in [0.717, 1.165) is 0 Å². The van der Waals surface area contributed by atoms with Crippen LogP contribution >= 0.6 is 11.6 Å². The normalized spacial score (nSPS) is 12.9. The molecule has 1 aromatic heterocycles. The Morgan fingerprint density at radius 3 is 2.33 bits per heavy atom. The van der Waals surface area contributed by atoms with Crippen molar-refractivity contribution in [3.63, 3.8) is 0 Å². The summed E-state index contributed by atoms with van der Waals surface area (Å²) < 4.78 is 67.8. The summed E-state index contributed by atoms with van der Waals surface area (Å²) in [6.07, 6.45) is -4.38. The highest BCUT2D eigenvalue weighted by molar-refractivity contribution is 7.85. The van der Waals surface area contributed by atoms with E-state index in [1.165, 1.54) is 0 Å². The van der Waals surface area contributed by atoms with Gasteiger partial charge in [0.15, 0.2) is 0 Å². The second kappa shape index (κ2) is 3.62. The quantitative estimate of drug-likeness (QED) is 0.569. The third-order valence-electron chi connectivity index (χ3n) is 1.41. The molecule has 1 aromatic rings. The minimum atomic E-state index is -4.97. The van der Waals surface area contributed by atoms with E-state index in [9.17, 15) is 26.1 Å². The monoisotopic (exact) mass is 260 g/mol. The summed E-state index contributed by atoms with van der Waals surface area (Å²) in [5.74, 6) is 0. The van der Waals surface area contributed by atoms with E-state index < -0.39 is 31.9 Å². The predicted molar refractivity (Wildman–Crippen MR) is 42.2 cm³/mol. The van der Waals surface area contributed by atoms with Crippen molar-refractivity contribution >= 4 is 21.7 Å². The average Bonchev–Trinajstić information content (AvgIpc) is 2.00. The fourth-order valence-corrected chi connectivity index (χ4v) is 1.42. The molecular weight excluding hydrogens is 259 g/mol. The molecule has 0 bridgehead atoms. The van der Waals surface area contributed by atoms with Gasteiger partial charge in [0.05, 0.1) is 10.5 Å². The molecule has 0 fully saturated rings. The summed E-state index contributed by atoms with van der Waals surface area (Å²) in [7, 11) is -4.97. The Labute approximate surface area is 87.4 Å². The first-order chi connectivity index (χ1) is 6.62. The average molecular weight is 261 g/mol. The van der Waals surface area contributed by atoms with Crippen LogP contribution in [0.25, 0.3) is 0 Å². The number of alkyl halides is 3. The van der Waals surface area contributed by atoms with Gasteiger partial charge in [-0.3, -0.25) is 0 Å². The fourth-order valence-electron chi connectivity index (χ4n) is 0.764. The number of hydrogen-bond donors (Lipinski definition) is 0. The van der Waals surface area contributed by atoms with Crippen LogP contribution in [0.5, 0.6) is 0 Å². The zero-order chi connectivity index (χ0) is 11.9. The molecular formula is C6H2ClF3NO3S-. The minimum absolute atomic E-state index is 0.150. The largest absolute Gasteiger partial charge is 0.744 e. The highest BCUT2D eigenvalue weighted by atomic mass is 35.5. The van der Waals surface area contributed by atoms with Gasteiger partial charge < -0.3 is 4.55 Å². The van der Waals surface area contributed by atoms with Crippen LogP contribution in [0.15, 0.2) is 17.2 Å². The Morgan fingerprint density at radius 1 is 1.40 bits per heavy atom. The molecule has 0 unspecified atom stereocenters. The third-order valence-corrected chi connectivity index (χ3v) is 2.51. The van der Waals surface area contributed by atoms with Crippen molar-refractivity contribution in [3.05, 3.63) is 23.0 Å². The van der Waals surface area contributed by atoms with Crippen molar-refractivity contribution in [2.24, 2.45) is 0 Å². The van der Waals surface area contributed by atoms with Crippen LogP contribution in [-0.2, 0) is 16.3 Å². The van der Waals surface area contributed by atoms with Crippen molar-refractivity contribution in [3.8, 4) is 0 Å². The van der Waals surface area contributed by atoms with E-state index in [-0.39, 0.29) is 6.07 Å². The molecule has 0 radical (unpaired) electrons. The molecule has 0 spiro atoms. The van der Waals surface area contributed by atoms with Gasteiger partial charge in [-0.2, -0.15) is 13.2 Å². The van der Waals surface area contributed by atoms with E-state index in [2.05, 4.69) is 4.98 Å². The number of hydrogen-bond acceptors (Lipinski definition) is 4. The molecule has 9 heteroatoms. The van der Waals surface area contributed by atoms with Crippen LogP contribution in [0.1, 0.15) is 5.56 Å². The first-order valence-electron chi connectivity index (χ1n) is 3.31. The molecule has 84 valence electrons. The SMILES string of the molecule is O=S(=O)([O-])c1cnc(Cl)c(C(F)(F)F)c1. The smallest absolute Gasteiger partial charge is 0.419 e. The zero-order valence-corrected chi connectivity index (χ0v) is 8.32. The molecule has 0 amide bonds. The van der Waals surface area contributed by atoms with Crippen LogP contribution in [0.2, 0.25) is 5.15 Å². The lowest BCUT2D eigenvalue weighted by Gasteiger charge is -2.11. The number of rotatable bonds is 1. The third kappa shape index (κ3) is 2.80. The molecule has 0 N–H and O–H groups in total. The highest BCUT2D eigenvalue weighted by Crippen LogP contribution is 2.34. The van der Waals surface area contributed by atoms with Gasteiger partial charge >= 0.3 is 6.18 Å². The van der Waals surface area contributed by atoms with Crippen molar-refractivity contribution in [2.45, 2.75) is 11.1 Å². The Morgan fingerprint density at radius 2 is 1.93 bits per heavy atom. The van der Waals surface area contributed by atoms with E-state index in [0.29, 0.717) is 6.20 Å². The second-order valence-corrected chi connectivity index (χ2v) is 4.20. The van der Waals surface area contributed by atoms with Crippen LogP contribution in [-0.4, -0.2) is 18.0 Å². The van der Waals surface area contributed by atoms with Crippen molar-refractivity contribution < 1.29 is 26.1 Å². The Kier molecular flexibility index (Phi) is 2.94. The molecule has 0 saturated heterocycles. The maximum Gasteiger partial charge on any atom is 0.419 e. The van der Waals surface area contributed by atoms with Gasteiger partial charge in [0.1, 0.15) is 15.3 Å². The van der Waals surface area contributed by atoms with Gasteiger partial charge in [-0.15, -0.1) is 0 Å². The number of pyridine rings is 1. The van der Waals surface area contributed by atoms with Crippen LogP contribution in [0.4, 0.5) is 13.2 Å². The zero-order valence-electron chi connectivity index (χ0n) is 6.75. The molecule has 4 nitrogen and oxygen atoms in total. The van der Waals surface area contributed by atoms with E-state index in [4.69, 9.17) is 11.6 Å². The lowest BCUT2D eigenvalue weighted by atomic mass is 10.3. The first-order valence-corrected chi connectivity index (χ1v) is 5.09. The summed E-state index contributed by atoms with van der Waals surface area (Å²) in [5, 5.41) is -0.908. The summed E-state index contributed by atoms with van der Waals surface area (Å²) in [6, 6.07) is 0.150. The lowest BCUT2D eigenvalue weighted by molar-refractivity contribution is -0.137. The maximum atomic E-state index is 12.2. The molecule has 0 saturated carbocycles. The molecule has 15 heavy (non-hydrogen) atoms. The molecule has 0 atom stereocenters. The van der Waals surface area contributed by atoms with Crippen LogP contribution < -0.4 is 0 Å². The molecule has 0 aliphatic carbocycles. The molecule has 1 heterocycles. The first kappa shape index (κ1) is 12.2. The van der Waals surface area contributed by atoms with E-state index in [1.54, 1.807) is 0 Å². The van der Waals surface area contributed by atoms with Gasteiger partial charge in [0.25, 0.3) is 0 Å². The minimum Gasteiger partial charge on any atom is -0.744 e. The molecule has 0 aliphatic heterocycles. The van der Waals surface area contributed by atoms with Gasteiger partial charge in [-0.05, 0) is 6.07 Å². The standard InChI is InChI=1S/C6H3ClF3NO3S/c7-5-4(6(8,9)10)1-3(2-11-5)15(12,13)14/h1-2H,(H,12,13,14)/p-1. The second-order valence-electron chi connectivity index (χ2n) is 2.46. The van der Waals surface area contributed by atoms with Crippen molar-refractivity contribution in [1.82, 2.24) is 4.98 Å². The van der Waals surface area contributed by atoms with Gasteiger partial charge in [0.2, 0.25) is 0 Å². The predicted octanol–water partition coefficient (Wildman–Crippen LogP) is 1.66. The summed E-state index contributed by atoms with van der Waals surface area (Å²) in [4.78, 5) is 1.91. The van der Waals surface area contributed by atoms with Gasteiger partial charge in [0, 0.05) is 6.20 Å². The molecule has 1 rings (SSSR count). The number of nitrogens with zero attached hydrogens (tertiary/aromatic N) is 1. The van der Waals surface area contributed by atoms with E-state index >= 15 is 0 Å². The summed E-state index contributed by atoms with van der Waals surface area (Å²) >= 11 is 5.10. The topological polar surface area (TPSA) is 70.1 Å². The van der Waals surface area contributed by atoms with Gasteiger partial charge in [-0.1, -0.05) is 11.6 Å². The van der Waals surface area contributed by atoms with Crippen molar-refractivity contribution in [1.29, 1.82) is 0 Å². The summed E-state index contributed by atoms with van der Waals surface area (Å²) in [5.41, 5.74) is -1.46. The Balaban J connectivity index is 3.43. The van der Waals surface area contributed by atoms with Crippen molar-refractivity contribution in [2.75, 3.05) is 0 Å². The van der Waals surface area contributed by atoms with E-state index in [1.807, 2.05) is 0 Å². The fraction of sp³-hybridized carbons (Fsp3) is 0.167. The molecule has 0 aliphatic rings. The number of aromatic nitrogens is 1. The Hall–Kier alpha value is -0.860. The van der Waals surface area contributed by atoms with Gasteiger partial charge in [-0.25, -0.2) is 13.4 Å².